The normalized spacial score (nSPS) is 15.3. The fourth-order valence-electron chi connectivity index (χ4n) is 0.718. The van der Waals surface area contributed by atoms with Crippen molar-refractivity contribution in [3.05, 3.63) is 0 Å². The zero-order chi connectivity index (χ0) is 10.3. The molecule has 3 N–H and O–H groups in total. The lowest BCUT2D eigenvalue weighted by Crippen LogP contribution is -2.16. The van der Waals surface area contributed by atoms with Crippen molar-refractivity contribution in [1.29, 1.82) is 0 Å². The first-order chi connectivity index (χ1) is 6.06. The van der Waals surface area contributed by atoms with Gasteiger partial charge < -0.3 is 15.3 Å². The van der Waals surface area contributed by atoms with Gasteiger partial charge >= 0.3 is 5.97 Å². The maximum absolute atomic E-state index is 10.2. The molecule has 0 aromatic heterocycles. The number of thioether (sulfide) groups is 1. The summed E-state index contributed by atoms with van der Waals surface area (Å²) < 4.78 is 0. The maximum Gasteiger partial charge on any atom is 0.306 e. The first kappa shape index (κ1) is 12.7. The number of aliphatic hydroxyl groups excluding tert-OH is 2. The van der Waals surface area contributed by atoms with Crippen molar-refractivity contribution in [2.45, 2.75) is 19.4 Å². The molecule has 0 aromatic rings. The van der Waals surface area contributed by atoms with Gasteiger partial charge in [0.05, 0.1) is 12.5 Å². The maximum atomic E-state index is 10.2. The van der Waals surface area contributed by atoms with E-state index in [-0.39, 0.29) is 18.9 Å². The minimum atomic E-state index is -0.983. The Morgan fingerprint density at radius 2 is 2.08 bits per heavy atom. The summed E-state index contributed by atoms with van der Waals surface area (Å²) in [4.78, 5) is 10.2. The molecule has 0 fully saturated rings. The monoisotopic (exact) mass is 208 g/mol. The first-order valence-electron chi connectivity index (χ1n) is 4.14. The highest BCUT2D eigenvalue weighted by Crippen LogP contribution is 2.10. The van der Waals surface area contributed by atoms with Crippen LogP contribution in [0.5, 0.6) is 0 Å². The number of aliphatic hydroxyl groups is 2. The highest BCUT2D eigenvalue weighted by molar-refractivity contribution is 7.99. The Kier molecular flexibility index (Phi) is 7.03. The summed E-state index contributed by atoms with van der Waals surface area (Å²) in [6.45, 7) is 2.03. The predicted molar refractivity (Wildman–Crippen MR) is 51.8 cm³/mol. The van der Waals surface area contributed by atoms with E-state index in [4.69, 9.17) is 15.3 Å². The van der Waals surface area contributed by atoms with Crippen molar-refractivity contribution < 1.29 is 20.1 Å². The highest BCUT2D eigenvalue weighted by atomic mass is 32.2. The molecule has 5 heteroatoms. The van der Waals surface area contributed by atoms with Crippen LogP contribution in [0, 0.1) is 5.92 Å². The molecule has 0 aliphatic heterocycles. The molecule has 4 nitrogen and oxygen atoms in total. The van der Waals surface area contributed by atoms with Gasteiger partial charge in [0.1, 0.15) is 0 Å². The van der Waals surface area contributed by atoms with Gasteiger partial charge in [-0.05, 0) is 11.7 Å². The van der Waals surface area contributed by atoms with E-state index in [0.29, 0.717) is 5.75 Å². The van der Waals surface area contributed by atoms with Gasteiger partial charge in [0.25, 0.3) is 0 Å². The number of aliphatic carboxylic acids is 1. The van der Waals surface area contributed by atoms with Crippen molar-refractivity contribution >= 4 is 17.7 Å². The molecule has 13 heavy (non-hydrogen) atoms. The van der Waals surface area contributed by atoms with Crippen molar-refractivity contribution in [2.24, 2.45) is 5.92 Å². The topological polar surface area (TPSA) is 77.8 Å². The van der Waals surface area contributed by atoms with E-state index in [1.54, 1.807) is 0 Å². The van der Waals surface area contributed by atoms with Crippen LogP contribution in [-0.2, 0) is 4.79 Å². The smallest absolute Gasteiger partial charge is 0.306 e. The number of hydrogen-bond donors (Lipinski definition) is 3. The second-order valence-electron chi connectivity index (χ2n) is 3.08. The van der Waals surface area contributed by atoms with Gasteiger partial charge in [-0.15, -0.1) is 0 Å². The first-order valence-corrected chi connectivity index (χ1v) is 5.30. The zero-order valence-electron chi connectivity index (χ0n) is 7.64. The van der Waals surface area contributed by atoms with Crippen molar-refractivity contribution in [1.82, 2.24) is 0 Å². The molecule has 0 aliphatic carbocycles. The van der Waals surface area contributed by atoms with E-state index < -0.39 is 12.1 Å². The molecule has 0 aromatic carbocycles. The van der Waals surface area contributed by atoms with Crippen LogP contribution >= 0.6 is 11.8 Å². The Hall–Kier alpha value is -0.260. The summed E-state index contributed by atoms with van der Waals surface area (Å²) in [5, 5.41) is 26.1. The summed E-state index contributed by atoms with van der Waals surface area (Å²) in [5.74, 6) is 0.370. The van der Waals surface area contributed by atoms with Gasteiger partial charge in [0, 0.05) is 12.4 Å². The minimum absolute atomic E-state index is 0.127. The van der Waals surface area contributed by atoms with Crippen LogP contribution in [0.2, 0.25) is 0 Å². The van der Waals surface area contributed by atoms with Crippen LogP contribution in [-0.4, -0.2) is 45.5 Å². The number of carboxylic acid groups (broad SMARTS) is 1. The Morgan fingerprint density at radius 1 is 1.46 bits per heavy atom. The third-order valence-corrected chi connectivity index (χ3v) is 2.86. The lowest BCUT2D eigenvalue weighted by molar-refractivity contribution is -0.138. The van der Waals surface area contributed by atoms with Crippen LogP contribution < -0.4 is 0 Å². The summed E-state index contributed by atoms with van der Waals surface area (Å²) in [6.07, 6.45) is -0.992. The third kappa shape index (κ3) is 8.08. The second-order valence-corrected chi connectivity index (χ2v) is 4.15. The molecule has 2 atom stereocenters. The molecule has 2 unspecified atom stereocenters. The lowest BCUT2D eigenvalue weighted by Gasteiger charge is -2.09. The van der Waals surface area contributed by atoms with Crippen LogP contribution in [0.4, 0.5) is 0 Å². The number of hydrogen-bond acceptors (Lipinski definition) is 4. The second kappa shape index (κ2) is 7.17. The largest absolute Gasteiger partial charge is 0.481 e. The predicted octanol–water partition coefficient (Wildman–Crippen LogP) is 0.184. The Morgan fingerprint density at radius 3 is 2.54 bits per heavy atom. The van der Waals surface area contributed by atoms with Crippen LogP contribution in [0.25, 0.3) is 0 Å². The molecule has 0 aliphatic rings. The van der Waals surface area contributed by atoms with Gasteiger partial charge in [0.2, 0.25) is 0 Å². The molecule has 0 radical (unpaired) electrons. The quantitative estimate of drug-likeness (QED) is 0.556. The van der Waals surface area contributed by atoms with Crippen molar-refractivity contribution in [2.75, 3.05) is 18.1 Å². The molecule has 0 bridgehead atoms. The highest BCUT2D eigenvalue weighted by Gasteiger charge is 2.09. The van der Waals surface area contributed by atoms with E-state index in [1.165, 1.54) is 11.8 Å². The molecular weight excluding hydrogens is 192 g/mol. The minimum Gasteiger partial charge on any atom is -0.481 e. The summed E-state index contributed by atoms with van der Waals surface area (Å²) in [5.41, 5.74) is 0. The molecule has 0 rings (SSSR count). The summed E-state index contributed by atoms with van der Waals surface area (Å²) in [6, 6.07) is 0. The van der Waals surface area contributed by atoms with E-state index in [0.717, 1.165) is 5.75 Å². The van der Waals surface area contributed by atoms with E-state index in [1.807, 2.05) is 6.92 Å². The Balaban J connectivity index is 3.36. The molecule has 0 saturated heterocycles. The average molecular weight is 208 g/mol. The Bertz CT molecular complexity index is 151. The molecule has 78 valence electrons. The van der Waals surface area contributed by atoms with E-state index in [9.17, 15) is 4.79 Å². The van der Waals surface area contributed by atoms with Crippen LogP contribution in [0.1, 0.15) is 13.3 Å². The van der Waals surface area contributed by atoms with Crippen molar-refractivity contribution in [3.63, 3.8) is 0 Å². The van der Waals surface area contributed by atoms with Gasteiger partial charge in [-0.1, -0.05) is 6.92 Å². The van der Waals surface area contributed by atoms with Gasteiger partial charge in [-0.25, -0.2) is 0 Å². The fourth-order valence-corrected chi connectivity index (χ4v) is 1.75. The van der Waals surface area contributed by atoms with Crippen molar-refractivity contribution in [3.8, 4) is 0 Å². The molecule has 0 heterocycles. The number of carbonyl (C=O) groups is 1. The third-order valence-electron chi connectivity index (χ3n) is 1.43. The lowest BCUT2D eigenvalue weighted by atomic mass is 10.2. The Labute approximate surface area is 82.0 Å². The number of carboxylic acids is 1. The zero-order valence-corrected chi connectivity index (χ0v) is 8.46. The van der Waals surface area contributed by atoms with Gasteiger partial charge in [0.15, 0.2) is 0 Å². The van der Waals surface area contributed by atoms with Gasteiger partial charge in [-0.3, -0.25) is 4.79 Å². The number of rotatable bonds is 7. The molecule has 0 amide bonds. The van der Waals surface area contributed by atoms with E-state index in [2.05, 4.69) is 0 Å². The van der Waals surface area contributed by atoms with Crippen LogP contribution in [0.15, 0.2) is 0 Å². The van der Waals surface area contributed by atoms with Gasteiger partial charge in [-0.2, -0.15) is 11.8 Å². The van der Waals surface area contributed by atoms with E-state index >= 15 is 0 Å². The molecule has 0 spiro atoms. The standard InChI is InChI=1S/C8H16O4S/c1-6(3-9)4-13-5-7(10)2-8(11)12/h6-7,9-10H,2-5H2,1H3,(H,11,12). The summed E-state index contributed by atoms with van der Waals surface area (Å²) in [7, 11) is 0. The average Bonchev–Trinajstić information content (AvgIpc) is 2.02. The summed E-state index contributed by atoms with van der Waals surface area (Å²) >= 11 is 1.46. The molecule has 0 saturated carbocycles. The van der Waals surface area contributed by atoms with Crippen LogP contribution in [0.3, 0.4) is 0 Å². The SMILES string of the molecule is CC(CO)CSCC(O)CC(=O)O. The molecular formula is C8H16O4S. The fraction of sp³-hybridized carbons (Fsp3) is 0.875.